The minimum atomic E-state index is -7.22. The molecule has 0 saturated carbocycles. The van der Waals surface area contributed by atoms with Gasteiger partial charge in [0.15, 0.2) is 140 Å². The number of benzene rings is 8. The largest absolute Gasteiger partial charge is 0.207 e. The molecule has 496 valence electrons. The molecule has 0 heterocycles. The topological polar surface area (TPSA) is 0 Å². The number of hydrogen-bond donors (Lipinski definition) is 0. The van der Waals surface area contributed by atoms with E-state index in [1.807, 2.05) is 0 Å². The summed E-state index contributed by atoms with van der Waals surface area (Å²) in [6.07, 6.45) is -14.4. The quantitative estimate of drug-likeness (QED) is 0.0468. The molecule has 0 unspecified atom stereocenters. The van der Waals surface area contributed by atoms with Crippen LogP contribution in [0.2, 0.25) is 0 Å². The van der Waals surface area contributed by atoms with Crippen molar-refractivity contribution in [2.45, 2.75) is 0 Å². The zero-order valence-electron chi connectivity index (χ0n) is 41.4. The molecule has 0 radical (unpaired) electrons. The molecule has 8 aromatic carbocycles. The normalized spacial score (nSPS) is 11.7. The minimum absolute atomic E-state index is 0. The van der Waals surface area contributed by atoms with Crippen LogP contribution in [-0.2, 0) is 27.0 Å². The predicted octanol–water partition coefficient (Wildman–Crippen LogP) is 10.1. The lowest BCUT2D eigenvalue weighted by atomic mass is 9.12. The van der Waals surface area contributed by atoms with Crippen molar-refractivity contribution in [1.29, 1.82) is 0 Å². The van der Waals surface area contributed by atoms with Crippen molar-refractivity contribution in [1.82, 2.24) is 0 Å². The smallest absolute Gasteiger partial charge is 0.200 e. The Kier molecular flexibility index (Phi) is 20.5. The Morgan fingerprint density at radius 1 is 0.0870 bits per heavy atom. The van der Waals surface area contributed by atoms with E-state index in [0.717, 1.165) is 0 Å². The van der Waals surface area contributed by atoms with Crippen molar-refractivity contribution >= 4 is 83.0 Å². The Hall–Kier alpha value is -8.21. The third-order valence-corrected chi connectivity index (χ3v) is 13.4. The summed E-state index contributed by atoms with van der Waals surface area (Å²) in [5.41, 5.74) is -28.7. The fourth-order valence-corrected chi connectivity index (χ4v) is 9.75. The van der Waals surface area contributed by atoms with E-state index < -0.39 is 289 Å². The van der Waals surface area contributed by atoms with E-state index in [9.17, 15) is 105 Å². The van der Waals surface area contributed by atoms with E-state index in [1.165, 1.54) is 0 Å². The van der Waals surface area contributed by atoms with Crippen LogP contribution in [0.5, 0.6) is 0 Å². The Morgan fingerprint density at radius 3 is 0.185 bits per heavy atom. The molecule has 0 aliphatic carbocycles. The Bertz CT molecular complexity index is 3430. The molecule has 0 aliphatic heterocycles. The van der Waals surface area contributed by atoms with Crippen molar-refractivity contribution in [3.8, 4) is 0 Å². The fourth-order valence-electron chi connectivity index (χ4n) is 9.75. The van der Waals surface area contributed by atoms with Crippen LogP contribution >= 0.6 is 0 Å². The Labute approximate surface area is 490 Å². The van der Waals surface area contributed by atoms with Crippen LogP contribution in [0.1, 0.15) is 0 Å². The standard InChI is InChI=1S/2C24BF20.2H2S/c2*26-5-1(6(27)14(35)21(42)13(5)34)25(2-7(28)15(36)22(43)16(37)8(2)29,3-9(30)17(38)23(44)18(39)10(3)31)4-11(32)19(40)24(45)20(41)12(4)33;;/h;;2*1H2/q2*-1;;/p+2. The average molecular weight is 1430 g/mol. The fraction of sp³-hybridized carbons (Fsp3) is 0. The summed E-state index contributed by atoms with van der Waals surface area (Å²) >= 11 is 0. The van der Waals surface area contributed by atoms with Crippen LogP contribution < -0.4 is 43.7 Å². The van der Waals surface area contributed by atoms with Gasteiger partial charge in [0.25, 0.3) is 0 Å². The van der Waals surface area contributed by atoms with Crippen LogP contribution in [0.15, 0.2) is 0 Å². The maximum Gasteiger partial charge on any atom is 0.200 e. The number of hydrogen-bond acceptors (Lipinski definition) is 0. The summed E-state index contributed by atoms with van der Waals surface area (Å²) < 4.78 is 588. The van der Waals surface area contributed by atoms with E-state index in [-0.39, 0.29) is 27.0 Å². The summed E-state index contributed by atoms with van der Waals surface area (Å²) in [5.74, 6) is -143. The molecule has 0 nitrogen and oxygen atoms in total. The van der Waals surface area contributed by atoms with Crippen LogP contribution in [0.3, 0.4) is 0 Å². The molecule has 0 N–H and O–H groups in total. The zero-order chi connectivity index (χ0) is 68.7. The van der Waals surface area contributed by atoms with Crippen LogP contribution in [0, 0.1) is 233 Å². The second-order valence-electron chi connectivity index (χ2n) is 17.6. The van der Waals surface area contributed by atoms with Crippen molar-refractivity contribution in [3.05, 3.63) is 233 Å². The first-order chi connectivity index (χ1) is 41.4. The maximum absolute atomic E-state index is 15.4. The molecule has 8 rings (SSSR count). The van der Waals surface area contributed by atoms with Gasteiger partial charge in [-0.25, -0.2) is 176 Å². The molecule has 0 saturated heterocycles. The summed E-state index contributed by atoms with van der Waals surface area (Å²) in [5, 5.41) is 0. The molecule has 8 aromatic rings. The average Bonchev–Trinajstić information content (AvgIpc) is 0.689. The van der Waals surface area contributed by atoms with Crippen LogP contribution in [0.25, 0.3) is 0 Å². The molecule has 0 bridgehead atoms. The molecular weight excluding hydrogens is 1420 g/mol. The lowest BCUT2D eigenvalue weighted by molar-refractivity contribution is 0.377. The summed E-state index contributed by atoms with van der Waals surface area (Å²) in [4.78, 5) is 0. The lowest BCUT2D eigenvalue weighted by Crippen LogP contribution is -2.81. The zero-order valence-corrected chi connectivity index (χ0v) is 43.7. The van der Waals surface area contributed by atoms with Gasteiger partial charge in [0.1, 0.15) is 105 Å². The van der Waals surface area contributed by atoms with Crippen LogP contribution in [0.4, 0.5) is 176 Å². The van der Waals surface area contributed by atoms with Crippen molar-refractivity contribution in [3.63, 3.8) is 0 Å². The van der Waals surface area contributed by atoms with Gasteiger partial charge in [-0.2, -0.15) is 0 Å². The van der Waals surface area contributed by atoms with Gasteiger partial charge in [-0.1, -0.05) is 27.0 Å². The maximum atomic E-state index is 15.4. The minimum Gasteiger partial charge on any atom is -0.207 e. The summed E-state index contributed by atoms with van der Waals surface area (Å²) in [6.45, 7) is 0. The Balaban J connectivity index is 0.000000327. The predicted molar refractivity (Wildman–Crippen MR) is 242 cm³/mol. The molecule has 0 aliphatic rings. The first kappa shape index (κ1) is 74.5. The van der Waals surface area contributed by atoms with Crippen LogP contribution in [-0.4, -0.2) is 12.3 Å². The van der Waals surface area contributed by atoms with E-state index in [4.69, 9.17) is 0 Å². The summed E-state index contributed by atoms with van der Waals surface area (Å²) in [7, 11) is 0. The highest BCUT2D eigenvalue weighted by molar-refractivity contribution is 7.37. The lowest BCUT2D eigenvalue weighted by Gasteiger charge is -2.44. The Morgan fingerprint density at radius 2 is 0.130 bits per heavy atom. The monoisotopic (exact) mass is 1430 g/mol. The van der Waals surface area contributed by atoms with E-state index in [0.29, 0.717) is 0 Å². The first-order valence-electron chi connectivity index (χ1n) is 21.9. The third-order valence-electron chi connectivity index (χ3n) is 13.4. The molecule has 0 atom stereocenters. The van der Waals surface area contributed by atoms with Gasteiger partial charge < -0.3 is 0 Å². The van der Waals surface area contributed by atoms with Gasteiger partial charge in [0.2, 0.25) is 0 Å². The highest BCUT2D eigenvalue weighted by Gasteiger charge is 2.55. The van der Waals surface area contributed by atoms with Crippen molar-refractivity contribution in [2.75, 3.05) is 0 Å². The SMILES string of the molecule is Fc1c(F)c(F)c([B-](c2c(F)c(F)c(F)c(F)c2F)(c2c(F)c(F)c(F)c(F)c2F)c2c(F)c(F)c(F)c(F)c2F)c(F)c1F.Fc1c(F)c(F)c([B-](c2c(F)c(F)c(F)c(F)c2F)(c2c(F)c(F)c(F)c(F)c2F)c2c(F)c(F)c(F)c(F)c2F)c(F)c1F.[SH3+].[SH3+]. The van der Waals surface area contributed by atoms with Crippen molar-refractivity contribution in [2.24, 2.45) is 0 Å². The second kappa shape index (κ2) is 25.4. The van der Waals surface area contributed by atoms with Crippen molar-refractivity contribution < 1.29 is 176 Å². The molecule has 0 spiro atoms. The third kappa shape index (κ3) is 9.94. The molecule has 44 heteroatoms. The molecule has 0 amide bonds. The van der Waals surface area contributed by atoms with Gasteiger partial charge in [0.05, 0.1) is 0 Å². The van der Waals surface area contributed by atoms with Gasteiger partial charge in [-0.15, -0.1) is 43.7 Å². The van der Waals surface area contributed by atoms with Gasteiger partial charge in [0, 0.05) is 0 Å². The van der Waals surface area contributed by atoms with E-state index >= 15 is 70.2 Å². The highest BCUT2D eigenvalue weighted by atomic mass is 32.1. The first-order valence-corrected chi connectivity index (χ1v) is 21.9. The molecule has 92 heavy (non-hydrogen) atoms. The van der Waals surface area contributed by atoms with Gasteiger partial charge >= 0.3 is 0 Å². The van der Waals surface area contributed by atoms with E-state index in [1.54, 1.807) is 0 Å². The molecule has 0 fully saturated rings. The molecule has 0 aromatic heterocycles. The number of rotatable bonds is 8. The summed E-state index contributed by atoms with van der Waals surface area (Å²) in [6, 6.07) is 0. The van der Waals surface area contributed by atoms with E-state index in [2.05, 4.69) is 0 Å². The van der Waals surface area contributed by atoms with Gasteiger partial charge in [-0.05, 0) is 0 Å². The highest BCUT2D eigenvalue weighted by Crippen LogP contribution is 2.34. The second-order valence-corrected chi connectivity index (χ2v) is 17.6. The number of halogens is 40. The molecular formula is C48H6B2F40S2. The van der Waals surface area contributed by atoms with Gasteiger partial charge in [-0.3, -0.25) is 0 Å².